The van der Waals surface area contributed by atoms with Crippen LogP contribution in [0.5, 0.6) is 5.75 Å². The van der Waals surface area contributed by atoms with Gasteiger partial charge in [0.15, 0.2) is 0 Å². The van der Waals surface area contributed by atoms with E-state index in [9.17, 15) is 23.2 Å². The molecular formula is C24H28F2N4O4. The number of anilines is 1. The van der Waals surface area contributed by atoms with Crippen molar-refractivity contribution >= 4 is 23.4 Å². The molecule has 0 unspecified atom stereocenters. The Balaban J connectivity index is 1.41. The van der Waals surface area contributed by atoms with E-state index in [1.807, 2.05) is 36.1 Å². The van der Waals surface area contributed by atoms with E-state index in [4.69, 9.17) is 0 Å². The van der Waals surface area contributed by atoms with Gasteiger partial charge in [-0.1, -0.05) is 31.2 Å². The molecule has 8 nitrogen and oxygen atoms in total. The van der Waals surface area contributed by atoms with Crippen molar-refractivity contribution in [3.8, 4) is 5.75 Å². The first-order valence-electron chi connectivity index (χ1n) is 11.1. The number of ether oxygens (including phenoxy) is 1. The molecule has 34 heavy (non-hydrogen) atoms. The van der Waals surface area contributed by atoms with Crippen molar-refractivity contribution in [3.63, 3.8) is 0 Å². The van der Waals surface area contributed by atoms with Crippen LogP contribution in [-0.2, 0) is 16.0 Å². The molecule has 0 atom stereocenters. The molecule has 3 rings (SSSR count). The lowest BCUT2D eigenvalue weighted by Crippen LogP contribution is -2.52. The van der Waals surface area contributed by atoms with Crippen molar-refractivity contribution in [1.29, 1.82) is 0 Å². The normalized spacial score (nSPS) is 14.1. The third-order valence-electron chi connectivity index (χ3n) is 5.49. The Morgan fingerprint density at radius 1 is 1.03 bits per heavy atom. The summed E-state index contributed by atoms with van der Waals surface area (Å²) in [6.07, 6.45) is 0.822. The summed E-state index contributed by atoms with van der Waals surface area (Å²) in [7, 11) is 0. The number of nitrogens with one attached hydrogen (secondary N) is 2. The van der Waals surface area contributed by atoms with Crippen LogP contribution in [0, 0.1) is 0 Å². The fourth-order valence-corrected chi connectivity index (χ4v) is 3.68. The number of alkyl halides is 2. The van der Waals surface area contributed by atoms with Gasteiger partial charge in [0, 0.05) is 37.4 Å². The van der Waals surface area contributed by atoms with E-state index < -0.39 is 12.5 Å². The van der Waals surface area contributed by atoms with Gasteiger partial charge in [-0.05, 0) is 36.2 Å². The van der Waals surface area contributed by atoms with Crippen LogP contribution in [0.1, 0.15) is 22.8 Å². The summed E-state index contributed by atoms with van der Waals surface area (Å²) in [5.74, 6) is -1.05. The lowest BCUT2D eigenvalue weighted by Gasteiger charge is -2.34. The highest BCUT2D eigenvalue weighted by Crippen LogP contribution is 2.17. The number of amides is 3. The minimum Gasteiger partial charge on any atom is -0.435 e. The summed E-state index contributed by atoms with van der Waals surface area (Å²) in [5, 5.41) is 5.45. The van der Waals surface area contributed by atoms with E-state index in [1.165, 1.54) is 24.3 Å². The van der Waals surface area contributed by atoms with E-state index in [-0.39, 0.29) is 36.2 Å². The number of aryl methyl sites for hydroxylation is 1. The first kappa shape index (κ1) is 25.1. The maximum absolute atomic E-state index is 12.5. The van der Waals surface area contributed by atoms with Crippen LogP contribution >= 0.6 is 0 Å². The number of para-hydroxylation sites is 1. The summed E-state index contributed by atoms with van der Waals surface area (Å²) >= 11 is 0. The number of carbonyl (C=O) groups is 3. The zero-order chi connectivity index (χ0) is 24.5. The van der Waals surface area contributed by atoms with Crippen molar-refractivity contribution in [3.05, 3.63) is 59.7 Å². The molecule has 1 fully saturated rings. The van der Waals surface area contributed by atoms with Gasteiger partial charge in [0.1, 0.15) is 5.75 Å². The van der Waals surface area contributed by atoms with Gasteiger partial charge in [0.05, 0.1) is 13.1 Å². The van der Waals surface area contributed by atoms with Gasteiger partial charge in [-0.3, -0.25) is 19.3 Å². The lowest BCUT2D eigenvalue weighted by molar-refractivity contribution is -0.132. The number of carbonyl (C=O) groups excluding carboxylic acids is 3. The van der Waals surface area contributed by atoms with E-state index in [0.717, 1.165) is 17.7 Å². The van der Waals surface area contributed by atoms with E-state index in [1.54, 1.807) is 4.90 Å². The summed E-state index contributed by atoms with van der Waals surface area (Å²) < 4.78 is 29.0. The maximum Gasteiger partial charge on any atom is 0.387 e. The molecule has 1 heterocycles. The second-order valence-electron chi connectivity index (χ2n) is 7.80. The molecule has 1 saturated heterocycles. The Bertz CT molecular complexity index is 1010. The van der Waals surface area contributed by atoms with Gasteiger partial charge in [0.25, 0.3) is 5.91 Å². The second-order valence-corrected chi connectivity index (χ2v) is 7.80. The Morgan fingerprint density at radius 3 is 2.47 bits per heavy atom. The number of piperazine rings is 1. The van der Waals surface area contributed by atoms with Crippen molar-refractivity contribution in [2.24, 2.45) is 0 Å². The highest BCUT2D eigenvalue weighted by molar-refractivity contribution is 5.96. The minimum absolute atomic E-state index is 0.106. The largest absolute Gasteiger partial charge is 0.435 e. The van der Waals surface area contributed by atoms with Crippen molar-refractivity contribution in [1.82, 2.24) is 15.1 Å². The molecule has 0 bridgehead atoms. The third kappa shape index (κ3) is 7.24. The summed E-state index contributed by atoms with van der Waals surface area (Å²) in [4.78, 5) is 40.8. The third-order valence-corrected chi connectivity index (χ3v) is 5.49. The SMILES string of the molecule is CCc1ccccc1NC(=O)CN1CCN(C(=O)CNC(=O)c2cccc(OC(F)F)c2)CC1. The van der Waals surface area contributed by atoms with Gasteiger partial charge in [0.2, 0.25) is 11.8 Å². The molecular weight excluding hydrogens is 446 g/mol. The molecule has 1 aliphatic rings. The molecule has 0 radical (unpaired) electrons. The smallest absolute Gasteiger partial charge is 0.387 e. The molecule has 10 heteroatoms. The van der Waals surface area contributed by atoms with Crippen LogP contribution in [0.3, 0.4) is 0 Å². The number of nitrogens with zero attached hydrogens (tertiary/aromatic N) is 2. The average Bonchev–Trinajstić information content (AvgIpc) is 2.83. The van der Waals surface area contributed by atoms with Gasteiger partial charge >= 0.3 is 6.61 Å². The number of hydrogen-bond donors (Lipinski definition) is 2. The quantitative estimate of drug-likeness (QED) is 0.582. The van der Waals surface area contributed by atoms with Crippen molar-refractivity contribution in [2.45, 2.75) is 20.0 Å². The molecule has 1 aliphatic heterocycles. The molecule has 2 N–H and O–H groups in total. The highest BCUT2D eigenvalue weighted by atomic mass is 19.3. The lowest BCUT2D eigenvalue weighted by atomic mass is 10.1. The van der Waals surface area contributed by atoms with E-state index in [0.29, 0.717) is 26.2 Å². The molecule has 0 aromatic heterocycles. The molecule has 0 aliphatic carbocycles. The van der Waals surface area contributed by atoms with Gasteiger partial charge in [-0.2, -0.15) is 8.78 Å². The summed E-state index contributed by atoms with van der Waals surface area (Å²) in [6.45, 7) is 1.00. The highest BCUT2D eigenvalue weighted by Gasteiger charge is 2.23. The second kappa shape index (κ2) is 12.1. The molecule has 0 spiro atoms. The van der Waals surface area contributed by atoms with Crippen molar-refractivity contribution in [2.75, 3.05) is 44.6 Å². The Morgan fingerprint density at radius 2 is 1.76 bits per heavy atom. The van der Waals surface area contributed by atoms with E-state index >= 15 is 0 Å². The summed E-state index contributed by atoms with van der Waals surface area (Å²) in [5.41, 5.74) is 2.00. The van der Waals surface area contributed by atoms with Crippen LogP contribution in [0.15, 0.2) is 48.5 Å². The van der Waals surface area contributed by atoms with Crippen LogP contribution < -0.4 is 15.4 Å². The molecule has 182 valence electrons. The maximum atomic E-state index is 12.5. The van der Waals surface area contributed by atoms with Crippen LogP contribution in [0.25, 0.3) is 0 Å². The number of benzene rings is 2. The Kier molecular flexibility index (Phi) is 8.92. The average molecular weight is 475 g/mol. The Hall–Kier alpha value is -3.53. The first-order valence-corrected chi connectivity index (χ1v) is 11.1. The molecule has 2 aromatic rings. The van der Waals surface area contributed by atoms with Crippen molar-refractivity contribution < 1.29 is 27.9 Å². The summed E-state index contributed by atoms with van der Waals surface area (Å²) in [6, 6.07) is 13.0. The monoisotopic (exact) mass is 474 g/mol. The standard InChI is InChI=1S/C24H28F2N4O4/c1-2-17-6-3-4-9-20(17)28-21(31)16-29-10-12-30(13-11-29)22(32)15-27-23(33)18-7-5-8-19(14-18)34-24(25)26/h3-9,14,24H,2,10-13,15-16H2,1H3,(H,27,33)(H,28,31). The van der Waals surface area contributed by atoms with Crippen LogP contribution in [0.2, 0.25) is 0 Å². The van der Waals surface area contributed by atoms with Gasteiger partial charge in [-0.25, -0.2) is 0 Å². The van der Waals surface area contributed by atoms with Crippen LogP contribution in [-0.4, -0.2) is 73.4 Å². The topological polar surface area (TPSA) is 91.0 Å². The molecule has 0 saturated carbocycles. The zero-order valence-corrected chi connectivity index (χ0v) is 18.9. The van der Waals surface area contributed by atoms with Gasteiger partial charge < -0.3 is 20.3 Å². The predicted octanol–water partition coefficient (Wildman–Crippen LogP) is 2.36. The van der Waals surface area contributed by atoms with Crippen LogP contribution in [0.4, 0.5) is 14.5 Å². The number of hydrogen-bond acceptors (Lipinski definition) is 5. The predicted molar refractivity (Wildman–Crippen MR) is 123 cm³/mol. The Labute approximate surface area is 196 Å². The zero-order valence-electron chi connectivity index (χ0n) is 18.9. The molecule has 3 amide bonds. The van der Waals surface area contributed by atoms with E-state index in [2.05, 4.69) is 15.4 Å². The number of halogens is 2. The number of rotatable bonds is 9. The fraction of sp³-hybridized carbons (Fsp3) is 0.375. The fourth-order valence-electron chi connectivity index (χ4n) is 3.68. The first-order chi connectivity index (χ1) is 16.4. The van der Waals surface area contributed by atoms with Gasteiger partial charge in [-0.15, -0.1) is 0 Å². The molecule has 2 aromatic carbocycles. The minimum atomic E-state index is -2.99.